The molecule has 1 aromatic carbocycles. The van der Waals surface area contributed by atoms with Crippen LogP contribution in [-0.4, -0.2) is 35.1 Å². The van der Waals surface area contributed by atoms with Gasteiger partial charge in [-0.25, -0.2) is 0 Å². The first kappa shape index (κ1) is 12.8. The second kappa shape index (κ2) is 6.36. The molecule has 1 saturated heterocycles. The van der Waals surface area contributed by atoms with Crippen LogP contribution in [0.5, 0.6) is 0 Å². The number of nitrogens with zero attached hydrogens (tertiary/aromatic N) is 1. The summed E-state index contributed by atoms with van der Waals surface area (Å²) in [6, 6.07) is 10.4. The normalized spacial score (nSPS) is 20.6. The maximum absolute atomic E-state index is 10.8. The van der Waals surface area contributed by atoms with E-state index in [1.807, 2.05) is 18.2 Å². The highest BCUT2D eigenvalue weighted by molar-refractivity contribution is 5.67. The van der Waals surface area contributed by atoms with Gasteiger partial charge in [-0.05, 0) is 24.9 Å². The van der Waals surface area contributed by atoms with E-state index in [0.29, 0.717) is 0 Å². The van der Waals surface area contributed by atoms with Crippen LogP contribution in [0.1, 0.15) is 24.8 Å². The molecule has 0 aromatic heterocycles. The zero-order valence-corrected chi connectivity index (χ0v) is 10.5. The van der Waals surface area contributed by atoms with E-state index in [-0.39, 0.29) is 12.5 Å². The number of benzene rings is 1. The summed E-state index contributed by atoms with van der Waals surface area (Å²) in [5.41, 5.74) is 1.19. The van der Waals surface area contributed by atoms with Gasteiger partial charge in [-0.1, -0.05) is 42.5 Å². The number of likely N-dealkylation sites (tertiary alicyclic amines) is 1. The molecule has 96 valence electrons. The maximum atomic E-state index is 10.8. The predicted molar refractivity (Wildman–Crippen MR) is 72.3 cm³/mol. The third kappa shape index (κ3) is 3.70. The average molecular weight is 245 g/mol. The SMILES string of the molecule is O=C(O)CC1CCCN1CC=Cc1ccccc1. The fourth-order valence-electron chi connectivity index (χ4n) is 2.46. The molecule has 0 spiro atoms. The van der Waals surface area contributed by atoms with Gasteiger partial charge in [0.1, 0.15) is 0 Å². The first-order valence-corrected chi connectivity index (χ1v) is 6.43. The minimum atomic E-state index is -0.695. The highest BCUT2D eigenvalue weighted by atomic mass is 16.4. The van der Waals surface area contributed by atoms with Gasteiger partial charge in [0.25, 0.3) is 0 Å². The van der Waals surface area contributed by atoms with Crippen molar-refractivity contribution in [2.45, 2.75) is 25.3 Å². The number of carboxylic acid groups (broad SMARTS) is 1. The summed E-state index contributed by atoms with van der Waals surface area (Å²) in [5, 5.41) is 8.85. The first-order valence-electron chi connectivity index (χ1n) is 6.43. The van der Waals surface area contributed by atoms with E-state index in [1.54, 1.807) is 0 Å². The van der Waals surface area contributed by atoms with E-state index in [1.165, 1.54) is 5.56 Å². The van der Waals surface area contributed by atoms with Crippen LogP contribution >= 0.6 is 0 Å². The van der Waals surface area contributed by atoms with E-state index in [9.17, 15) is 4.79 Å². The highest BCUT2D eigenvalue weighted by Gasteiger charge is 2.25. The second-order valence-corrected chi connectivity index (χ2v) is 4.70. The molecular formula is C15H19NO2. The van der Waals surface area contributed by atoms with Gasteiger partial charge in [0.05, 0.1) is 6.42 Å². The molecule has 1 unspecified atom stereocenters. The van der Waals surface area contributed by atoms with Crippen LogP contribution in [0.3, 0.4) is 0 Å². The van der Waals surface area contributed by atoms with Crippen LogP contribution in [0, 0.1) is 0 Å². The molecule has 1 fully saturated rings. The molecule has 3 nitrogen and oxygen atoms in total. The van der Waals surface area contributed by atoms with Crippen molar-refractivity contribution < 1.29 is 9.90 Å². The molecule has 1 aliphatic heterocycles. The van der Waals surface area contributed by atoms with Crippen LogP contribution < -0.4 is 0 Å². The third-order valence-electron chi connectivity index (χ3n) is 3.36. The first-order chi connectivity index (χ1) is 8.75. The Hall–Kier alpha value is -1.61. The molecule has 1 aliphatic rings. The van der Waals surface area contributed by atoms with Crippen molar-refractivity contribution in [2.24, 2.45) is 0 Å². The molecule has 0 saturated carbocycles. The Morgan fingerprint density at radius 2 is 2.17 bits per heavy atom. The van der Waals surface area contributed by atoms with Crippen LogP contribution in [0.4, 0.5) is 0 Å². The molecule has 1 heterocycles. The molecule has 0 bridgehead atoms. The summed E-state index contributed by atoms with van der Waals surface area (Å²) in [4.78, 5) is 13.0. The standard InChI is InChI=1S/C15H19NO2/c17-15(18)12-14-9-5-11-16(14)10-4-8-13-6-2-1-3-7-13/h1-4,6-8,14H,5,9-12H2,(H,17,18). The van der Waals surface area contributed by atoms with Gasteiger partial charge in [-0.3, -0.25) is 9.69 Å². The number of carboxylic acids is 1. The number of carbonyl (C=O) groups is 1. The molecule has 1 atom stereocenters. The molecular weight excluding hydrogens is 226 g/mol. The van der Waals surface area contributed by atoms with Crippen molar-refractivity contribution in [1.82, 2.24) is 4.90 Å². The molecule has 0 amide bonds. The van der Waals surface area contributed by atoms with E-state index in [0.717, 1.165) is 25.9 Å². The zero-order valence-electron chi connectivity index (χ0n) is 10.5. The van der Waals surface area contributed by atoms with Gasteiger partial charge in [0.15, 0.2) is 0 Å². The molecule has 3 heteroatoms. The van der Waals surface area contributed by atoms with Crippen LogP contribution in [0.25, 0.3) is 6.08 Å². The van der Waals surface area contributed by atoms with Gasteiger partial charge in [-0.15, -0.1) is 0 Å². The van der Waals surface area contributed by atoms with E-state index in [2.05, 4.69) is 29.2 Å². The van der Waals surface area contributed by atoms with Crippen LogP contribution in [0.15, 0.2) is 36.4 Å². The van der Waals surface area contributed by atoms with E-state index >= 15 is 0 Å². The maximum Gasteiger partial charge on any atom is 0.304 e. The molecule has 1 N–H and O–H groups in total. The van der Waals surface area contributed by atoms with Crippen LogP contribution in [-0.2, 0) is 4.79 Å². The summed E-state index contributed by atoms with van der Waals surface area (Å²) in [5.74, 6) is -0.695. The van der Waals surface area contributed by atoms with Gasteiger partial charge in [-0.2, -0.15) is 0 Å². The smallest absolute Gasteiger partial charge is 0.304 e. The fourth-order valence-corrected chi connectivity index (χ4v) is 2.46. The van der Waals surface area contributed by atoms with Crippen molar-refractivity contribution in [3.8, 4) is 0 Å². The van der Waals surface area contributed by atoms with Gasteiger partial charge >= 0.3 is 5.97 Å². The summed E-state index contributed by atoms with van der Waals surface area (Å²) in [7, 11) is 0. The molecule has 18 heavy (non-hydrogen) atoms. The highest BCUT2D eigenvalue weighted by Crippen LogP contribution is 2.19. The lowest BCUT2D eigenvalue weighted by Crippen LogP contribution is -2.31. The Morgan fingerprint density at radius 1 is 1.39 bits per heavy atom. The van der Waals surface area contributed by atoms with Crippen molar-refractivity contribution in [3.63, 3.8) is 0 Å². The van der Waals surface area contributed by atoms with E-state index in [4.69, 9.17) is 5.11 Å². The molecule has 0 aliphatic carbocycles. The topological polar surface area (TPSA) is 40.5 Å². The van der Waals surface area contributed by atoms with Crippen molar-refractivity contribution in [1.29, 1.82) is 0 Å². The van der Waals surface area contributed by atoms with E-state index < -0.39 is 5.97 Å². The Bertz CT molecular complexity index is 414. The van der Waals surface area contributed by atoms with Crippen molar-refractivity contribution >= 4 is 12.0 Å². The number of hydrogen-bond donors (Lipinski definition) is 1. The lowest BCUT2D eigenvalue weighted by Gasteiger charge is -2.21. The van der Waals surface area contributed by atoms with Crippen molar-refractivity contribution in [2.75, 3.05) is 13.1 Å². The zero-order chi connectivity index (χ0) is 12.8. The Morgan fingerprint density at radius 3 is 2.89 bits per heavy atom. The van der Waals surface area contributed by atoms with Gasteiger partial charge in [0.2, 0.25) is 0 Å². The number of rotatable bonds is 5. The fraction of sp³-hybridized carbons (Fsp3) is 0.400. The summed E-state index contributed by atoms with van der Waals surface area (Å²) in [6.07, 6.45) is 6.59. The molecule has 1 aromatic rings. The number of aliphatic carboxylic acids is 1. The largest absolute Gasteiger partial charge is 0.481 e. The summed E-state index contributed by atoms with van der Waals surface area (Å²) >= 11 is 0. The lowest BCUT2D eigenvalue weighted by atomic mass is 10.1. The average Bonchev–Trinajstić information content (AvgIpc) is 2.77. The van der Waals surface area contributed by atoms with Gasteiger partial charge in [0, 0.05) is 12.6 Å². The quantitative estimate of drug-likeness (QED) is 0.867. The summed E-state index contributed by atoms with van der Waals surface area (Å²) < 4.78 is 0. The Kier molecular flexibility index (Phi) is 4.53. The van der Waals surface area contributed by atoms with Crippen LogP contribution in [0.2, 0.25) is 0 Å². The Labute approximate surface area is 108 Å². The van der Waals surface area contributed by atoms with Crippen molar-refractivity contribution in [3.05, 3.63) is 42.0 Å². The third-order valence-corrected chi connectivity index (χ3v) is 3.36. The minimum absolute atomic E-state index is 0.211. The lowest BCUT2D eigenvalue weighted by molar-refractivity contribution is -0.138. The number of hydrogen-bond acceptors (Lipinski definition) is 2. The van der Waals surface area contributed by atoms with Gasteiger partial charge < -0.3 is 5.11 Å². The molecule has 2 rings (SSSR count). The minimum Gasteiger partial charge on any atom is -0.481 e. The Balaban J connectivity index is 1.86. The summed E-state index contributed by atoms with van der Waals surface area (Å²) in [6.45, 7) is 1.85. The predicted octanol–water partition coefficient (Wildman–Crippen LogP) is 2.64. The monoisotopic (exact) mass is 245 g/mol. The molecule has 0 radical (unpaired) electrons. The second-order valence-electron chi connectivity index (χ2n) is 4.70.